The topological polar surface area (TPSA) is 0 Å². The Hall–Kier alpha value is -0.980. The van der Waals surface area contributed by atoms with Gasteiger partial charge >= 0.3 is 0 Å². The van der Waals surface area contributed by atoms with Gasteiger partial charge in [0, 0.05) is 0 Å². The molecule has 0 heterocycles. The Kier molecular flexibility index (Phi) is 4.84. The quantitative estimate of drug-likeness (QED) is 0.573. The van der Waals surface area contributed by atoms with Crippen LogP contribution in [-0.2, 0) is 6.42 Å². The minimum Gasteiger partial charge on any atom is -0.147 e. The van der Waals surface area contributed by atoms with Gasteiger partial charge in [0.2, 0.25) is 0 Å². The molecule has 0 saturated carbocycles. The number of fused-ring (bicyclic) bond motifs is 3. The van der Waals surface area contributed by atoms with Crippen LogP contribution in [0.15, 0.2) is 42.5 Å². The van der Waals surface area contributed by atoms with Crippen LogP contribution in [0.5, 0.6) is 0 Å². The molecule has 0 spiro atoms. The summed E-state index contributed by atoms with van der Waals surface area (Å²) in [7, 11) is 0. The fourth-order valence-corrected chi connectivity index (χ4v) is 2.72. The molecule has 0 fully saturated rings. The molecule has 1 aliphatic carbocycles. The lowest BCUT2D eigenvalue weighted by Crippen LogP contribution is -1.94. The van der Waals surface area contributed by atoms with Crippen molar-refractivity contribution in [2.45, 2.75) is 26.2 Å². The van der Waals surface area contributed by atoms with E-state index in [1.165, 1.54) is 22.3 Å². The van der Waals surface area contributed by atoms with E-state index in [4.69, 9.17) is 0 Å². The summed E-state index contributed by atoms with van der Waals surface area (Å²) in [6.45, 7) is 4.55. The predicted octanol–water partition coefficient (Wildman–Crippen LogP) is 5.22. The van der Waals surface area contributed by atoms with Gasteiger partial charge in [0.1, 0.15) is 0 Å². The van der Waals surface area contributed by atoms with Crippen molar-refractivity contribution in [2.75, 3.05) is 0 Å². The summed E-state index contributed by atoms with van der Waals surface area (Å²) in [5.41, 5.74) is 7.40. The van der Waals surface area contributed by atoms with Crippen molar-refractivity contribution >= 4 is 24.8 Å². The van der Waals surface area contributed by atoms with Crippen molar-refractivity contribution in [1.82, 2.24) is 0 Å². The third kappa shape index (κ3) is 2.28. The highest BCUT2D eigenvalue weighted by Gasteiger charge is 2.20. The summed E-state index contributed by atoms with van der Waals surface area (Å²) in [6, 6.07) is 15.5. The van der Waals surface area contributed by atoms with Gasteiger partial charge in [-0.25, -0.2) is 0 Å². The van der Waals surface area contributed by atoms with Crippen LogP contribution < -0.4 is 0 Å². The van der Waals surface area contributed by atoms with Gasteiger partial charge in [-0.15, -0.1) is 24.8 Å². The van der Waals surface area contributed by atoms with E-state index in [2.05, 4.69) is 56.3 Å². The maximum atomic E-state index is 2.28. The first-order chi connectivity index (χ1) is 7.77. The van der Waals surface area contributed by atoms with Crippen molar-refractivity contribution in [3.05, 3.63) is 59.2 Å². The monoisotopic (exact) mass is 280 g/mol. The van der Waals surface area contributed by atoms with Crippen molar-refractivity contribution in [2.24, 2.45) is 0 Å². The molecule has 96 valence electrons. The second-order valence-electron chi connectivity index (χ2n) is 4.86. The molecule has 2 aromatic carbocycles. The van der Waals surface area contributed by atoms with Crippen molar-refractivity contribution in [3.63, 3.8) is 0 Å². The van der Waals surface area contributed by atoms with Crippen molar-refractivity contribution in [1.29, 1.82) is 0 Å². The maximum absolute atomic E-state index is 2.28. The van der Waals surface area contributed by atoms with Crippen LogP contribution in [0.25, 0.3) is 11.1 Å². The molecule has 0 nitrogen and oxygen atoms in total. The molecule has 0 unspecified atom stereocenters. The minimum absolute atomic E-state index is 0. The van der Waals surface area contributed by atoms with Crippen LogP contribution in [0.4, 0.5) is 0 Å². The lowest BCUT2D eigenvalue weighted by atomic mass is 9.94. The van der Waals surface area contributed by atoms with Crippen LogP contribution in [0.1, 0.15) is 36.5 Å². The third-order valence-corrected chi connectivity index (χ3v) is 3.51. The zero-order valence-electron chi connectivity index (χ0n) is 10.6. The van der Waals surface area contributed by atoms with E-state index < -0.39 is 0 Å². The van der Waals surface area contributed by atoms with E-state index >= 15 is 0 Å². The fourth-order valence-electron chi connectivity index (χ4n) is 2.72. The van der Waals surface area contributed by atoms with E-state index in [0.717, 1.165) is 6.42 Å². The molecule has 0 aliphatic heterocycles. The summed E-state index contributed by atoms with van der Waals surface area (Å²) in [6.07, 6.45) is 1.11. The van der Waals surface area contributed by atoms with Crippen LogP contribution in [0.2, 0.25) is 0 Å². The van der Waals surface area contributed by atoms with Crippen molar-refractivity contribution < 1.29 is 0 Å². The molecular weight excluding hydrogens is 263 g/mol. The van der Waals surface area contributed by atoms with Gasteiger partial charge in [0.15, 0.2) is 0 Å². The standard InChI is InChI=1S/C16H16.2ClH/c1-11(2)13-8-5-9-15-14-7-4-3-6-12(14)10-16(13)15;;/h3-9,11H,10H2,1-2H3;2*1H. The zero-order chi connectivity index (χ0) is 11.1. The van der Waals surface area contributed by atoms with Gasteiger partial charge in [-0.1, -0.05) is 56.3 Å². The Balaban J connectivity index is 0.000000810. The molecule has 18 heavy (non-hydrogen) atoms. The minimum atomic E-state index is 0. The predicted molar refractivity (Wildman–Crippen MR) is 83.3 cm³/mol. The first-order valence-corrected chi connectivity index (χ1v) is 5.97. The highest BCUT2D eigenvalue weighted by atomic mass is 35.5. The molecule has 0 saturated heterocycles. The second-order valence-corrected chi connectivity index (χ2v) is 4.86. The summed E-state index contributed by atoms with van der Waals surface area (Å²) in [5, 5.41) is 0. The summed E-state index contributed by atoms with van der Waals surface area (Å²) < 4.78 is 0. The van der Waals surface area contributed by atoms with Gasteiger partial charge < -0.3 is 0 Å². The van der Waals surface area contributed by atoms with Gasteiger partial charge in [0.05, 0.1) is 0 Å². The van der Waals surface area contributed by atoms with Crippen LogP contribution in [0, 0.1) is 0 Å². The first-order valence-electron chi connectivity index (χ1n) is 5.97. The molecule has 3 rings (SSSR count). The number of hydrogen-bond acceptors (Lipinski definition) is 0. The van der Waals surface area contributed by atoms with Crippen LogP contribution >= 0.6 is 24.8 Å². The van der Waals surface area contributed by atoms with E-state index in [0.29, 0.717) is 5.92 Å². The molecule has 0 bridgehead atoms. The normalized spacial score (nSPS) is 11.3. The lowest BCUT2D eigenvalue weighted by molar-refractivity contribution is 0.852. The van der Waals surface area contributed by atoms with Crippen LogP contribution in [0.3, 0.4) is 0 Å². The Bertz CT molecular complexity index is 545. The molecular formula is C16H18Cl2. The number of halogens is 2. The highest BCUT2D eigenvalue weighted by molar-refractivity contribution is 5.85. The largest absolute Gasteiger partial charge is 0.147 e. The third-order valence-electron chi connectivity index (χ3n) is 3.51. The zero-order valence-corrected chi connectivity index (χ0v) is 12.3. The maximum Gasteiger partial charge on any atom is -0.00106 e. The molecule has 1 aliphatic rings. The van der Waals surface area contributed by atoms with E-state index in [1.54, 1.807) is 5.56 Å². The summed E-state index contributed by atoms with van der Waals surface area (Å²) in [5.74, 6) is 0.615. The fraction of sp³-hybridized carbons (Fsp3) is 0.250. The van der Waals surface area contributed by atoms with E-state index in [1.807, 2.05) is 0 Å². The van der Waals surface area contributed by atoms with Gasteiger partial charge in [0.25, 0.3) is 0 Å². The molecule has 0 atom stereocenters. The first kappa shape index (κ1) is 15.1. The Morgan fingerprint density at radius 2 is 1.50 bits per heavy atom. The lowest BCUT2D eigenvalue weighted by Gasteiger charge is -2.11. The molecule has 2 aromatic rings. The number of hydrogen-bond donors (Lipinski definition) is 0. The molecule has 2 heteroatoms. The smallest absolute Gasteiger partial charge is 0.00106 e. The summed E-state index contributed by atoms with van der Waals surface area (Å²) >= 11 is 0. The van der Waals surface area contributed by atoms with Gasteiger partial charge in [-0.05, 0) is 40.2 Å². The average Bonchev–Trinajstić information content (AvgIpc) is 2.67. The molecule has 0 radical (unpaired) electrons. The van der Waals surface area contributed by atoms with Gasteiger partial charge in [-0.3, -0.25) is 0 Å². The van der Waals surface area contributed by atoms with Crippen LogP contribution in [-0.4, -0.2) is 0 Å². The molecule has 0 aromatic heterocycles. The van der Waals surface area contributed by atoms with E-state index in [-0.39, 0.29) is 24.8 Å². The molecule has 0 amide bonds. The number of rotatable bonds is 1. The average molecular weight is 281 g/mol. The van der Waals surface area contributed by atoms with E-state index in [9.17, 15) is 0 Å². The Labute approximate surface area is 121 Å². The SMILES string of the molecule is CC(C)c1cccc2c1Cc1ccccc1-2.Cl.Cl. The Morgan fingerprint density at radius 1 is 0.833 bits per heavy atom. The van der Waals surface area contributed by atoms with Crippen molar-refractivity contribution in [3.8, 4) is 11.1 Å². The van der Waals surface area contributed by atoms with Gasteiger partial charge in [-0.2, -0.15) is 0 Å². The second kappa shape index (κ2) is 5.77. The summed E-state index contributed by atoms with van der Waals surface area (Å²) in [4.78, 5) is 0. The Morgan fingerprint density at radius 3 is 2.22 bits per heavy atom. The highest BCUT2D eigenvalue weighted by Crippen LogP contribution is 2.39. The molecule has 0 N–H and O–H groups in total. The number of benzene rings is 2.